The lowest BCUT2D eigenvalue weighted by Gasteiger charge is -2.30. The van der Waals surface area contributed by atoms with E-state index < -0.39 is 5.91 Å². The highest BCUT2D eigenvalue weighted by molar-refractivity contribution is 5.92. The molecule has 0 aromatic carbocycles. The van der Waals surface area contributed by atoms with E-state index in [4.69, 9.17) is 11.5 Å². The molecule has 0 unspecified atom stereocenters. The third-order valence-electron chi connectivity index (χ3n) is 3.63. The van der Waals surface area contributed by atoms with E-state index >= 15 is 0 Å². The number of anilines is 1. The summed E-state index contributed by atoms with van der Waals surface area (Å²) in [5.41, 5.74) is 11.5. The molecule has 0 saturated carbocycles. The number of rotatable bonds is 7. The molecule has 1 heterocycles. The number of carbonyl (C=O) groups is 1. The Morgan fingerprint density at radius 3 is 2.44 bits per heavy atom. The average molecular weight is 250 g/mol. The van der Waals surface area contributed by atoms with Crippen molar-refractivity contribution >= 4 is 11.7 Å². The Morgan fingerprint density at radius 1 is 1.39 bits per heavy atom. The van der Waals surface area contributed by atoms with Crippen LogP contribution in [0.15, 0.2) is 18.3 Å². The highest BCUT2D eigenvalue weighted by Crippen LogP contribution is 2.25. The number of hydrogen-bond donors (Lipinski definition) is 3. The number of primary amides is 1. The third kappa shape index (κ3) is 3.43. The standard InChI is InChI=1S/C13H22N4O/c1-3-13(4-2,8-14)9-17-11-6-5-10(7-16-11)12(15)18/h5-7H,3-4,8-9,14H2,1-2H3,(H2,15,18)(H,16,17). The van der Waals surface area contributed by atoms with Crippen molar-refractivity contribution in [3.63, 3.8) is 0 Å². The van der Waals surface area contributed by atoms with E-state index in [2.05, 4.69) is 24.1 Å². The van der Waals surface area contributed by atoms with Gasteiger partial charge in [-0.05, 0) is 36.9 Å². The lowest BCUT2D eigenvalue weighted by molar-refractivity contribution is 0.1000. The highest BCUT2D eigenvalue weighted by atomic mass is 16.1. The average Bonchev–Trinajstić information content (AvgIpc) is 2.41. The SMILES string of the molecule is CCC(CC)(CN)CNc1ccc(C(N)=O)cn1. The zero-order chi connectivity index (χ0) is 13.6. The summed E-state index contributed by atoms with van der Waals surface area (Å²) in [5.74, 6) is 0.271. The van der Waals surface area contributed by atoms with Crippen molar-refractivity contribution in [2.75, 3.05) is 18.4 Å². The van der Waals surface area contributed by atoms with Crippen molar-refractivity contribution in [1.29, 1.82) is 0 Å². The normalized spacial score (nSPS) is 11.3. The molecule has 0 aliphatic heterocycles. The largest absolute Gasteiger partial charge is 0.369 e. The molecule has 5 heteroatoms. The van der Waals surface area contributed by atoms with Crippen LogP contribution >= 0.6 is 0 Å². The van der Waals surface area contributed by atoms with E-state index in [1.54, 1.807) is 12.1 Å². The second kappa shape index (κ2) is 6.35. The Labute approximate surface area is 108 Å². The van der Waals surface area contributed by atoms with Crippen LogP contribution in [0.3, 0.4) is 0 Å². The molecule has 0 spiro atoms. The Kier molecular flexibility index (Phi) is 5.09. The molecule has 0 saturated heterocycles. The van der Waals surface area contributed by atoms with E-state index in [1.165, 1.54) is 6.20 Å². The van der Waals surface area contributed by atoms with Gasteiger partial charge in [-0.15, -0.1) is 0 Å². The summed E-state index contributed by atoms with van der Waals surface area (Å²) in [7, 11) is 0. The van der Waals surface area contributed by atoms with Gasteiger partial charge in [0.2, 0.25) is 5.91 Å². The molecule has 1 aromatic rings. The van der Waals surface area contributed by atoms with Crippen LogP contribution < -0.4 is 16.8 Å². The van der Waals surface area contributed by atoms with Crippen molar-refractivity contribution in [3.05, 3.63) is 23.9 Å². The molecule has 0 fully saturated rings. The maximum atomic E-state index is 10.9. The van der Waals surface area contributed by atoms with Crippen LogP contribution in [0, 0.1) is 5.41 Å². The molecule has 18 heavy (non-hydrogen) atoms. The minimum atomic E-state index is -0.465. The van der Waals surface area contributed by atoms with Gasteiger partial charge in [-0.3, -0.25) is 4.79 Å². The molecule has 0 radical (unpaired) electrons. The van der Waals surface area contributed by atoms with E-state index in [-0.39, 0.29) is 5.41 Å². The topological polar surface area (TPSA) is 94.0 Å². The van der Waals surface area contributed by atoms with Crippen LogP contribution in [0.5, 0.6) is 0 Å². The molecule has 0 aliphatic rings. The van der Waals surface area contributed by atoms with Gasteiger partial charge >= 0.3 is 0 Å². The molecular weight excluding hydrogens is 228 g/mol. The van der Waals surface area contributed by atoms with Crippen molar-refractivity contribution < 1.29 is 4.79 Å². The Balaban J connectivity index is 2.65. The van der Waals surface area contributed by atoms with Gasteiger partial charge in [0.1, 0.15) is 5.82 Å². The van der Waals surface area contributed by atoms with Crippen molar-refractivity contribution in [1.82, 2.24) is 4.98 Å². The summed E-state index contributed by atoms with van der Waals surface area (Å²) >= 11 is 0. The number of carbonyl (C=O) groups excluding carboxylic acids is 1. The second-order valence-electron chi connectivity index (χ2n) is 4.56. The number of amides is 1. The number of hydrogen-bond acceptors (Lipinski definition) is 4. The van der Waals surface area contributed by atoms with E-state index in [0.29, 0.717) is 12.1 Å². The molecule has 0 bridgehead atoms. The molecule has 5 N–H and O–H groups in total. The summed E-state index contributed by atoms with van der Waals surface area (Å²) in [6, 6.07) is 3.42. The van der Waals surface area contributed by atoms with Crippen LogP contribution in [0.1, 0.15) is 37.0 Å². The zero-order valence-corrected chi connectivity index (χ0v) is 11.1. The summed E-state index contributed by atoms with van der Waals surface area (Å²) < 4.78 is 0. The number of nitrogens with one attached hydrogen (secondary N) is 1. The van der Waals surface area contributed by atoms with Crippen LogP contribution in [-0.4, -0.2) is 24.0 Å². The first kappa shape index (κ1) is 14.4. The fourth-order valence-corrected chi connectivity index (χ4v) is 1.78. The van der Waals surface area contributed by atoms with Crippen molar-refractivity contribution in [3.8, 4) is 0 Å². The molecule has 5 nitrogen and oxygen atoms in total. The smallest absolute Gasteiger partial charge is 0.250 e. The van der Waals surface area contributed by atoms with Crippen LogP contribution in [0.4, 0.5) is 5.82 Å². The zero-order valence-electron chi connectivity index (χ0n) is 11.1. The maximum Gasteiger partial charge on any atom is 0.250 e. The monoisotopic (exact) mass is 250 g/mol. The fourth-order valence-electron chi connectivity index (χ4n) is 1.78. The number of nitrogens with two attached hydrogens (primary N) is 2. The summed E-state index contributed by atoms with van der Waals surface area (Å²) in [6.07, 6.45) is 3.52. The Hall–Kier alpha value is -1.62. The van der Waals surface area contributed by atoms with Crippen LogP contribution in [0.25, 0.3) is 0 Å². The molecule has 1 amide bonds. The quantitative estimate of drug-likeness (QED) is 0.681. The predicted molar refractivity (Wildman–Crippen MR) is 73.3 cm³/mol. The van der Waals surface area contributed by atoms with E-state index in [1.807, 2.05) is 0 Å². The first-order valence-electron chi connectivity index (χ1n) is 6.26. The predicted octanol–water partition coefficient (Wildman–Crippen LogP) is 1.36. The van der Waals surface area contributed by atoms with E-state index in [9.17, 15) is 4.79 Å². The van der Waals surface area contributed by atoms with Crippen LogP contribution in [-0.2, 0) is 0 Å². The van der Waals surface area contributed by atoms with Crippen molar-refractivity contribution in [2.45, 2.75) is 26.7 Å². The van der Waals surface area contributed by atoms with Crippen LogP contribution in [0.2, 0.25) is 0 Å². The first-order chi connectivity index (χ1) is 8.56. The van der Waals surface area contributed by atoms with Gasteiger partial charge in [-0.2, -0.15) is 0 Å². The first-order valence-corrected chi connectivity index (χ1v) is 6.26. The Bertz CT molecular complexity index is 376. The van der Waals surface area contributed by atoms with Gasteiger partial charge in [0, 0.05) is 12.7 Å². The van der Waals surface area contributed by atoms with Gasteiger partial charge in [0.15, 0.2) is 0 Å². The Morgan fingerprint density at radius 2 is 2.06 bits per heavy atom. The highest BCUT2D eigenvalue weighted by Gasteiger charge is 2.23. The summed E-state index contributed by atoms with van der Waals surface area (Å²) in [6.45, 7) is 5.70. The molecule has 1 aromatic heterocycles. The molecular formula is C13H22N4O. The number of nitrogens with zero attached hydrogens (tertiary/aromatic N) is 1. The van der Waals surface area contributed by atoms with E-state index in [0.717, 1.165) is 25.2 Å². The maximum absolute atomic E-state index is 10.9. The second-order valence-corrected chi connectivity index (χ2v) is 4.56. The summed E-state index contributed by atoms with van der Waals surface area (Å²) in [4.78, 5) is 15.1. The summed E-state index contributed by atoms with van der Waals surface area (Å²) in [5, 5.41) is 3.26. The molecule has 100 valence electrons. The number of aromatic nitrogens is 1. The van der Waals surface area contributed by atoms with Gasteiger partial charge in [-0.1, -0.05) is 13.8 Å². The molecule has 0 atom stereocenters. The van der Waals surface area contributed by atoms with Crippen molar-refractivity contribution in [2.24, 2.45) is 16.9 Å². The minimum Gasteiger partial charge on any atom is -0.369 e. The molecule has 1 rings (SSSR count). The van der Waals surface area contributed by atoms with Gasteiger partial charge in [0.25, 0.3) is 0 Å². The lowest BCUT2D eigenvalue weighted by atomic mass is 9.82. The molecule has 0 aliphatic carbocycles. The minimum absolute atomic E-state index is 0.101. The third-order valence-corrected chi connectivity index (χ3v) is 3.63. The fraction of sp³-hybridized carbons (Fsp3) is 0.538. The lowest BCUT2D eigenvalue weighted by Crippen LogP contribution is -2.36. The number of pyridine rings is 1. The van der Waals surface area contributed by atoms with Gasteiger partial charge < -0.3 is 16.8 Å². The van der Waals surface area contributed by atoms with Gasteiger partial charge in [-0.25, -0.2) is 4.98 Å². The van der Waals surface area contributed by atoms with Gasteiger partial charge in [0.05, 0.1) is 5.56 Å².